The quantitative estimate of drug-likeness (QED) is 0.260. The zero-order valence-corrected chi connectivity index (χ0v) is 18.3. The van der Waals surface area contributed by atoms with Crippen molar-refractivity contribution in [3.05, 3.63) is 120 Å². The molecule has 1 aliphatic carbocycles. The topological polar surface area (TPSA) is 0 Å². The molecule has 0 amide bonds. The molecule has 1 heterocycles. The zero-order valence-electron chi connectivity index (χ0n) is 17.5. The number of fused-ring (bicyclic) bond motifs is 6. The first-order valence-electron chi connectivity index (χ1n) is 11.1. The molecule has 6 aromatic rings. The van der Waals surface area contributed by atoms with Gasteiger partial charge in [0.25, 0.3) is 0 Å². The molecule has 0 radical (unpaired) electrons. The van der Waals surface area contributed by atoms with Crippen LogP contribution in [0.5, 0.6) is 0 Å². The Bertz CT molecular complexity index is 1640. The minimum atomic E-state index is 1.04. The van der Waals surface area contributed by atoms with Gasteiger partial charge in [-0.1, -0.05) is 103 Å². The van der Waals surface area contributed by atoms with Crippen LogP contribution in [0.25, 0.3) is 53.6 Å². The molecule has 0 N–H and O–H groups in total. The van der Waals surface area contributed by atoms with Crippen molar-refractivity contribution in [3.8, 4) is 33.4 Å². The van der Waals surface area contributed by atoms with E-state index in [0.29, 0.717) is 0 Å². The van der Waals surface area contributed by atoms with Crippen molar-refractivity contribution in [2.75, 3.05) is 0 Å². The van der Waals surface area contributed by atoms with Crippen LogP contribution in [0.3, 0.4) is 0 Å². The van der Waals surface area contributed by atoms with E-state index in [9.17, 15) is 0 Å². The Morgan fingerprint density at radius 2 is 1.06 bits per heavy atom. The van der Waals surface area contributed by atoms with Gasteiger partial charge in [0.2, 0.25) is 0 Å². The van der Waals surface area contributed by atoms with Gasteiger partial charge in [-0.2, -0.15) is 0 Å². The Hall–Kier alpha value is -3.68. The molecule has 0 fully saturated rings. The third-order valence-electron chi connectivity index (χ3n) is 6.72. The van der Waals surface area contributed by atoms with Gasteiger partial charge in [0.15, 0.2) is 0 Å². The number of hydrogen-bond donors (Lipinski definition) is 0. The second-order valence-electron chi connectivity index (χ2n) is 8.54. The van der Waals surface area contributed by atoms with Crippen LogP contribution >= 0.6 is 11.3 Å². The van der Waals surface area contributed by atoms with Gasteiger partial charge in [-0.05, 0) is 57.0 Å². The summed E-state index contributed by atoms with van der Waals surface area (Å²) in [5.41, 5.74) is 10.9. The Balaban J connectivity index is 1.46. The lowest BCUT2D eigenvalue weighted by Crippen LogP contribution is -1.83. The monoisotopic (exact) mass is 424 g/mol. The van der Waals surface area contributed by atoms with E-state index < -0.39 is 0 Å². The van der Waals surface area contributed by atoms with Gasteiger partial charge in [0.1, 0.15) is 0 Å². The first-order chi connectivity index (χ1) is 15.9. The zero-order chi connectivity index (χ0) is 21.1. The number of hydrogen-bond acceptors (Lipinski definition) is 1. The predicted octanol–water partition coefficient (Wildman–Crippen LogP) is 8.96. The molecular weight excluding hydrogens is 404 g/mol. The van der Waals surface area contributed by atoms with E-state index >= 15 is 0 Å². The summed E-state index contributed by atoms with van der Waals surface area (Å²) in [6.07, 6.45) is 1.04. The first kappa shape index (κ1) is 17.9. The summed E-state index contributed by atoms with van der Waals surface area (Å²) in [6.45, 7) is 0. The van der Waals surface area contributed by atoms with Gasteiger partial charge >= 0.3 is 0 Å². The van der Waals surface area contributed by atoms with Gasteiger partial charge in [0.05, 0.1) is 0 Å². The van der Waals surface area contributed by atoms with Crippen molar-refractivity contribution in [2.45, 2.75) is 6.42 Å². The van der Waals surface area contributed by atoms with Crippen molar-refractivity contribution < 1.29 is 0 Å². The highest BCUT2D eigenvalue weighted by Crippen LogP contribution is 2.45. The van der Waals surface area contributed by atoms with E-state index in [4.69, 9.17) is 0 Å². The van der Waals surface area contributed by atoms with Crippen LogP contribution in [0.4, 0.5) is 0 Å². The molecule has 0 spiro atoms. The molecule has 0 aliphatic heterocycles. The lowest BCUT2D eigenvalue weighted by Gasteiger charge is -2.07. The largest absolute Gasteiger partial charge is 0.134 e. The fraction of sp³-hybridized carbons (Fsp3) is 0.0323. The third-order valence-corrected chi connectivity index (χ3v) is 8.01. The molecule has 5 aromatic carbocycles. The van der Waals surface area contributed by atoms with Gasteiger partial charge in [0, 0.05) is 20.2 Å². The van der Waals surface area contributed by atoms with Crippen LogP contribution in [0.1, 0.15) is 11.1 Å². The number of rotatable bonds is 2. The molecule has 0 atom stereocenters. The minimum absolute atomic E-state index is 1.04. The molecule has 0 saturated carbocycles. The van der Waals surface area contributed by atoms with E-state index in [2.05, 4.69) is 109 Å². The van der Waals surface area contributed by atoms with Crippen molar-refractivity contribution in [1.29, 1.82) is 0 Å². The fourth-order valence-corrected chi connectivity index (χ4v) is 6.56. The third kappa shape index (κ3) is 2.62. The van der Waals surface area contributed by atoms with Gasteiger partial charge in [-0.15, -0.1) is 11.3 Å². The lowest BCUT2D eigenvalue weighted by molar-refractivity contribution is 1.26. The van der Waals surface area contributed by atoms with Crippen molar-refractivity contribution in [2.24, 2.45) is 0 Å². The van der Waals surface area contributed by atoms with E-state index in [1.165, 1.54) is 64.7 Å². The molecule has 0 saturated heterocycles. The SMILES string of the molecule is c1ccc(-c2cccc3c2sc2c(-c4ccc5c(c4)-c4ccccc4C5)cccc23)cc1. The van der Waals surface area contributed by atoms with Crippen LogP contribution in [0.15, 0.2) is 109 Å². The highest BCUT2D eigenvalue weighted by molar-refractivity contribution is 7.26. The van der Waals surface area contributed by atoms with Gasteiger partial charge in [-0.3, -0.25) is 0 Å². The molecule has 0 unspecified atom stereocenters. The molecule has 150 valence electrons. The predicted molar refractivity (Wildman–Crippen MR) is 138 cm³/mol. The maximum Gasteiger partial charge on any atom is 0.0434 e. The summed E-state index contributed by atoms with van der Waals surface area (Å²) in [5, 5.41) is 2.70. The lowest BCUT2D eigenvalue weighted by atomic mass is 9.97. The van der Waals surface area contributed by atoms with Crippen LogP contribution in [0.2, 0.25) is 0 Å². The molecular formula is C31H20S. The average molecular weight is 425 g/mol. The average Bonchev–Trinajstić information content (AvgIpc) is 3.42. The van der Waals surface area contributed by atoms with Crippen LogP contribution in [-0.2, 0) is 6.42 Å². The van der Waals surface area contributed by atoms with Crippen molar-refractivity contribution in [3.63, 3.8) is 0 Å². The van der Waals surface area contributed by atoms with Gasteiger partial charge in [-0.25, -0.2) is 0 Å². The Morgan fingerprint density at radius 3 is 1.84 bits per heavy atom. The van der Waals surface area contributed by atoms with Crippen molar-refractivity contribution >= 4 is 31.5 Å². The normalized spacial score (nSPS) is 12.2. The summed E-state index contributed by atoms with van der Waals surface area (Å²) in [4.78, 5) is 0. The molecule has 32 heavy (non-hydrogen) atoms. The van der Waals surface area contributed by atoms with Crippen molar-refractivity contribution in [1.82, 2.24) is 0 Å². The second-order valence-corrected chi connectivity index (χ2v) is 9.56. The highest BCUT2D eigenvalue weighted by Gasteiger charge is 2.19. The maximum absolute atomic E-state index is 2.40. The Labute approximate surface area is 191 Å². The first-order valence-corrected chi connectivity index (χ1v) is 11.9. The standard InChI is InChI=1S/C31H20S/c1-2-8-20(9-3-1)25-12-6-14-27-28-15-7-13-26(31(28)32-30(25)27)23-17-16-22-18-21-10-4-5-11-24(21)29(22)19-23/h1-17,19H,18H2. The summed E-state index contributed by atoms with van der Waals surface area (Å²) >= 11 is 1.92. The summed E-state index contributed by atoms with van der Waals surface area (Å²) in [5.74, 6) is 0. The summed E-state index contributed by atoms with van der Waals surface area (Å²) in [6, 6.07) is 40.1. The Kier molecular flexibility index (Phi) is 3.88. The van der Waals surface area contributed by atoms with E-state index in [1.54, 1.807) is 0 Å². The number of thiophene rings is 1. The highest BCUT2D eigenvalue weighted by atomic mass is 32.1. The molecule has 7 rings (SSSR count). The summed E-state index contributed by atoms with van der Waals surface area (Å²) < 4.78 is 2.74. The maximum atomic E-state index is 2.40. The molecule has 0 nitrogen and oxygen atoms in total. The fourth-order valence-electron chi connectivity index (χ4n) is 5.18. The van der Waals surface area contributed by atoms with Crippen LogP contribution in [0, 0.1) is 0 Å². The molecule has 1 aromatic heterocycles. The second kappa shape index (κ2) is 6.91. The van der Waals surface area contributed by atoms with E-state index in [-0.39, 0.29) is 0 Å². The molecule has 0 bridgehead atoms. The Morgan fingerprint density at radius 1 is 0.438 bits per heavy atom. The molecule has 1 aliphatic rings. The van der Waals surface area contributed by atoms with E-state index in [1.807, 2.05) is 11.3 Å². The van der Waals surface area contributed by atoms with E-state index in [0.717, 1.165) is 6.42 Å². The summed E-state index contributed by atoms with van der Waals surface area (Å²) in [7, 11) is 0. The molecule has 1 heteroatoms. The van der Waals surface area contributed by atoms with Crippen LogP contribution in [-0.4, -0.2) is 0 Å². The minimum Gasteiger partial charge on any atom is -0.134 e. The van der Waals surface area contributed by atoms with Gasteiger partial charge < -0.3 is 0 Å². The van der Waals surface area contributed by atoms with Crippen LogP contribution < -0.4 is 0 Å². The number of benzene rings is 5. The smallest absolute Gasteiger partial charge is 0.0434 e.